The van der Waals surface area contributed by atoms with Crippen LogP contribution in [-0.2, 0) is 11.3 Å². The van der Waals surface area contributed by atoms with Crippen LogP contribution in [0.3, 0.4) is 0 Å². The molecule has 0 spiro atoms. The number of carboxylic acid groups (broad SMARTS) is 1. The molecule has 0 unspecified atom stereocenters. The van der Waals surface area contributed by atoms with E-state index >= 15 is 0 Å². The number of nitrogens with zero attached hydrogens (tertiary/aromatic N) is 1. The highest BCUT2D eigenvalue weighted by molar-refractivity contribution is 14.1. The number of aliphatic carboxylic acids is 1. The lowest BCUT2D eigenvalue weighted by atomic mass is 9.99. The van der Waals surface area contributed by atoms with Gasteiger partial charge in [0.15, 0.2) is 0 Å². The molecule has 4 heteroatoms. The predicted octanol–water partition coefficient (Wildman–Crippen LogP) is 2.44. The van der Waals surface area contributed by atoms with Gasteiger partial charge >= 0.3 is 5.97 Å². The summed E-state index contributed by atoms with van der Waals surface area (Å²) in [6.07, 6.45) is 0. The van der Waals surface area contributed by atoms with E-state index in [2.05, 4.69) is 51.8 Å². The van der Waals surface area contributed by atoms with E-state index < -0.39 is 5.97 Å². The van der Waals surface area contributed by atoms with Crippen molar-refractivity contribution in [3.8, 4) is 0 Å². The Hall–Kier alpha value is -0.620. The second kappa shape index (κ2) is 5.35. The van der Waals surface area contributed by atoms with Crippen molar-refractivity contribution in [3.05, 3.63) is 33.4 Å². The summed E-state index contributed by atoms with van der Waals surface area (Å²) in [5.41, 5.74) is 1.25. The molecule has 0 bridgehead atoms. The molecule has 1 aromatic rings. The van der Waals surface area contributed by atoms with Crippen molar-refractivity contribution < 1.29 is 9.90 Å². The highest BCUT2D eigenvalue weighted by Crippen LogP contribution is 2.24. The maximum Gasteiger partial charge on any atom is 0.308 e. The molecule has 0 amide bonds. The first-order chi connectivity index (χ1) is 8.06. The quantitative estimate of drug-likeness (QED) is 0.856. The molecule has 2 rings (SSSR count). The van der Waals surface area contributed by atoms with Crippen molar-refractivity contribution in [2.45, 2.75) is 13.5 Å². The van der Waals surface area contributed by atoms with Crippen molar-refractivity contribution >= 4 is 28.6 Å². The molecule has 1 heterocycles. The minimum atomic E-state index is -0.664. The second-order valence-corrected chi connectivity index (χ2v) is 5.99. The molecule has 3 nitrogen and oxygen atoms in total. The number of likely N-dealkylation sites (tertiary alicyclic amines) is 1. The lowest BCUT2D eigenvalue weighted by Gasteiger charge is -2.15. The van der Waals surface area contributed by atoms with E-state index in [1.54, 1.807) is 0 Å². The minimum absolute atomic E-state index is 0.209. The topological polar surface area (TPSA) is 40.5 Å². The van der Waals surface area contributed by atoms with Crippen LogP contribution in [0.25, 0.3) is 0 Å². The zero-order chi connectivity index (χ0) is 12.4. The van der Waals surface area contributed by atoms with Gasteiger partial charge in [-0.15, -0.1) is 0 Å². The molecule has 1 aliphatic rings. The van der Waals surface area contributed by atoms with Crippen LogP contribution in [0, 0.1) is 15.4 Å². The first kappa shape index (κ1) is 12.8. The Morgan fingerprint density at radius 2 is 2.06 bits per heavy atom. The molecule has 1 N–H and O–H groups in total. The third kappa shape index (κ3) is 3.19. The van der Waals surface area contributed by atoms with E-state index in [-0.39, 0.29) is 11.8 Å². The molecule has 1 aromatic carbocycles. The van der Waals surface area contributed by atoms with Crippen LogP contribution in [0.15, 0.2) is 24.3 Å². The molecule has 0 aliphatic carbocycles. The monoisotopic (exact) mass is 345 g/mol. The average Bonchev–Trinajstić information content (AvgIpc) is 2.63. The Kier molecular flexibility index (Phi) is 4.04. The number of hydrogen-bond donors (Lipinski definition) is 1. The van der Waals surface area contributed by atoms with Gasteiger partial charge in [-0.3, -0.25) is 9.69 Å². The molecule has 2 atom stereocenters. The Morgan fingerprint density at radius 1 is 1.41 bits per heavy atom. The van der Waals surface area contributed by atoms with Crippen LogP contribution >= 0.6 is 22.6 Å². The van der Waals surface area contributed by atoms with Crippen molar-refractivity contribution in [1.29, 1.82) is 0 Å². The van der Waals surface area contributed by atoms with Crippen molar-refractivity contribution in [1.82, 2.24) is 4.90 Å². The Labute approximate surface area is 115 Å². The summed E-state index contributed by atoms with van der Waals surface area (Å²) in [5, 5.41) is 9.08. The zero-order valence-corrected chi connectivity index (χ0v) is 11.9. The zero-order valence-electron chi connectivity index (χ0n) is 9.77. The molecular weight excluding hydrogens is 329 g/mol. The van der Waals surface area contributed by atoms with Crippen molar-refractivity contribution in [2.75, 3.05) is 13.1 Å². The van der Waals surface area contributed by atoms with Gasteiger partial charge in [-0.25, -0.2) is 0 Å². The lowest BCUT2D eigenvalue weighted by Crippen LogP contribution is -2.23. The van der Waals surface area contributed by atoms with Crippen LogP contribution < -0.4 is 0 Å². The molecule has 1 aliphatic heterocycles. The first-order valence-electron chi connectivity index (χ1n) is 5.76. The Bertz CT molecular complexity index is 404. The van der Waals surface area contributed by atoms with Crippen molar-refractivity contribution in [3.63, 3.8) is 0 Å². The van der Waals surface area contributed by atoms with Gasteiger partial charge in [0.05, 0.1) is 5.92 Å². The number of hydrogen-bond acceptors (Lipinski definition) is 2. The predicted molar refractivity (Wildman–Crippen MR) is 74.7 cm³/mol. The van der Waals surface area contributed by atoms with Gasteiger partial charge in [-0.2, -0.15) is 0 Å². The highest BCUT2D eigenvalue weighted by Gasteiger charge is 2.34. The van der Waals surface area contributed by atoms with Crippen LogP contribution in [-0.4, -0.2) is 29.1 Å². The van der Waals surface area contributed by atoms with E-state index in [1.807, 2.05) is 6.92 Å². The van der Waals surface area contributed by atoms with E-state index in [4.69, 9.17) is 5.11 Å². The summed E-state index contributed by atoms with van der Waals surface area (Å²) in [5.74, 6) is -0.627. The normalized spacial score (nSPS) is 25.1. The molecule has 0 saturated carbocycles. The third-order valence-corrected chi connectivity index (χ3v) is 4.04. The second-order valence-electron chi connectivity index (χ2n) is 4.74. The van der Waals surface area contributed by atoms with Crippen LogP contribution in [0.5, 0.6) is 0 Å². The lowest BCUT2D eigenvalue weighted by molar-refractivity contribution is -0.142. The van der Waals surface area contributed by atoms with Crippen LogP contribution in [0.4, 0.5) is 0 Å². The van der Waals surface area contributed by atoms with Gasteiger partial charge < -0.3 is 5.11 Å². The maximum atomic E-state index is 11.0. The fourth-order valence-corrected chi connectivity index (χ4v) is 2.73. The molecule has 17 heavy (non-hydrogen) atoms. The molecule has 1 fully saturated rings. The highest BCUT2D eigenvalue weighted by atomic mass is 127. The van der Waals surface area contributed by atoms with Gasteiger partial charge in [0, 0.05) is 23.2 Å². The van der Waals surface area contributed by atoms with E-state index in [1.165, 1.54) is 9.13 Å². The van der Waals surface area contributed by atoms with Gasteiger partial charge in [0.1, 0.15) is 0 Å². The number of halogens is 1. The van der Waals surface area contributed by atoms with Crippen molar-refractivity contribution in [2.24, 2.45) is 11.8 Å². The number of carboxylic acids is 1. The van der Waals surface area contributed by atoms with Crippen LogP contribution in [0.1, 0.15) is 12.5 Å². The molecular formula is C13H16INO2. The smallest absolute Gasteiger partial charge is 0.308 e. The minimum Gasteiger partial charge on any atom is -0.481 e. The van der Waals surface area contributed by atoms with E-state index in [0.717, 1.165) is 13.1 Å². The fourth-order valence-electron chi connectivity index (χ4n) is 2.37. The fraction of sp³-hybridized carbons (Fsp3) is 0.462. The number of rotatable bonds is 3. The first-order valence-corrected chi connectivity index (χ1v) is 6.83. The summed E-state index contributed by atoms with van der Waals surface area (Å²) >= 11 is 2.28. The largest absolute Gasteiger partial charge is 0.481 e. The SMILES string of the molecule is C[C@@H]1CN(Cc2ccc(I)cc2)C[C@H]1C(=O)O. The Morgan fingerprint density at radius 3 is 2.59 bits per heavy atom. The molecule has 0 aromatic heterocycles. The summed E-state index contributed by atoms with van der Waals surface area (Å²) in [6, 6.07) is 8.40. The van der Waals surface area contributed by atoms with E-state index in [0.29, 0.717) is 6.54 Å². The van der Waals surface area contributed by atoms with Gasteiger partial charge in [0.2, 0.25) is 0 Å². The molecule has 0 radical (unpaired) electrons. The number of carbonyl (C=O) groups is 1. The molecule has 1 saturated heterocycles. The summed E-state index contributed by atoms with van der Waals surface area (Å²) < 4.78 is 1.23. The van der Waals surface area contributed by atoms with Gasteiger partial charge in [0.25, 0.3) is 0 Å². The third-order valence-electron chi connectivity index (χ3n) is 3.32. The standard InChI is InChI=1S/C13H16INO2/c1-9-6-15(8-12(9)13(16)17)7-10-2-4-11(14)5-3-10/h2-5,9,12H,6-8H2,1H3,(H,16,17)/t9-,12-/m1/s1. The van der Waals surface area contributed by atoms with Gasteiger partial charge in [-0.1, -0.05) is 19.1 Å². The Balaban J connectivity index is 1.97. The number of benzene rings is 1. The average molecular weight is 345 g/mol. The summed E-state index contributed by atoms with van der Waals surface area (Å²) in [7, 11) is 0. The summed E-state index contributed by atoms with van der Waals surface area (Å²) in [6.45, 7) is 4.42. The summed E-state index contributed by atoms with van der Waals surface area (Å²) in [4.78, 5) is 13.3. The maximum absolute atomic E-state index is 11.0. The molecule has 92 valence electrons. The van der Waals surface area contributed by atoms with E-state index in [9.17, 15) is 4.79 Å². The van der Waals surface area contributed by atoms with Crippen LogP contribution in [0.2, 0.25) is 0 Å². The van der Waals surface area contributed by atoms with Gasteiger partial charge in [-0.05, 0) is 46.2 Å².